The Hall–Kier alpha value is -3.93. The highest BCUT2D eigenvalue weighted by Crippen LogP contribution is 2.27. The zero-order valence-electron chi connectivity index (χ0n) is 16.5. The van der Waals surface area contributed by atoms with Crippen LogP contribution in [0.15, 0.2) is 83.4 Å². The quantitative estimate of drug-likeness (QED) is 0.466. The molecule has 0 unspecified atom stereocenters. The third-order valence-corrected chi connectivity index (χ3v) is 4.61. The summed E-state index contributed by atoms with van der Waals surface area (Å²) in [6.07, 6.45) is 0.929. The summed E-state index contributed by atoms with van der Waals surface area (Å²) in [5, 5.41) is 6.91. The van der Waals surface area contributed by atoms with E-state index in [1.54, 1.807) is 6.07 Å². The number of amides is 1. The highest BCUT2D eigenvalue weighted by atomic mass is 16.5. The lowest BCUT2D eigenvalue weighted by molar-refractivity contribution is 0.102. The highest BCUT2D eigenvalue weighted by Gasteiger charge is 2.15. The minimum atomic E-state index is -0.197. The molecule has 1 amide bonds. The van der Waals surface area contributed by atoms with Crippen molar-refractivity contribution in [3.8, 4) is 17.2 Å². The van der Waals surface area contributed by atoms with Gasteiger partial charge in [0.25, 0.3) is 11.8 Å². The first-order valence-electron chi connectivity index (χ1n) is 9.73. The normalized spacial score (nSPS) is 10.6. The van der Waals surface area contributed by atoms with Crippen molar-refractivity contribution in [2.45, 2.75) is 20.0 Å². The molecule has 0 aliphatic heterocycles. The molecule has 150 valence electrons. The van der Waals surface area contributed by atoms with Crippen LogP contribution in [0.4, 0.5) is 5.69 Å². The predicted octanol–water partition coefficient (Wildman–Crippen LogP) is 5.13. The standard InChI is InChI=1S/C24H21N3O3/c1-2-17-12-14-18(15-13-17)23(28)25-21-11-7-6-10-20(21)24-26-22(27-30-24)16-29-19-8-4-3-5-9-19/h3-15H,2,16H2,1H3,(H,25,28). The van der Waals surface area contributed by atoms with Crippen LogP contribution < -0.4 is 10.1 Å². The molecule has 0 aliphatic carbocycles. The van der Waals surface area contributed by atoms with Crippen LogP contribution in [0.3, 0.4) is 0 Å². The van der Waals surface area contributed by atoms with E-state index in [1.165, 1.54) is 5.56 Å². The van der Waals surface area contributed by atoms with Gasteiger partial charge in [0.05, 0.1) is 11.3 Å². The number of carbonyl (C=O) groups excluding carboxylic acids is 1. The van der Waals surface area contributed by atoms with E-state index in [4.69, 9.17) is 9.26 Å². The van der Waals surface area contributed by atoms with E-state index < -0.39 is 0 Å². The number of hydrogen-bond donors (Lipinski definition) is 1. The van der Waals surface area contributed by atoms with Crippen molar-refractivity contribution in [3.63, 3.8) is 0 Å². The Kier molecular flexibility index (Phi) is 5.85. The molecule has 0 spiro atoms. The number of para-hydroxylation sites is 2. The summed E-state index contributed by atoms with van der Waals surface area (Å²) in [5.41, 5.74) is 3.02. The molecule has 0 aliphatic rings. The summed E-state index contributed by atoms with van der Waals surface area (Å²) in [7, 11) is 0. The number of nitrogens with one attached hydrogen (secondary N) is 1. The maximum Gasteiger partial charge on any atom is 0.260 e. The molecule has 3 aromatic carbocycles. The van der Waals surface area contributed by atoms with Gasteiger partial charge in [-0.25, -0.2) is 0 Å². The minimum absolute atomic E-state index is 0.186. The van der Waals surface area contributed by atoms with E-state index in [1.807, 2.05) is 72.8 Å². The number of nitrogens with zero attached hydrogens (tertiary/aromatic N) is 2. The zero-order chi connectivity index (χ0) is 20.8. The number of anilines is 1. The van der Waals surface area contributed by atoms with Gasteiger partial charge in [-0.1, -0.05) is 54.5 Å². The van der Waals surface area contributed by atoms with Crippen molar-refractivity contribution in [2.24, 2.45) is 0 Å². The van der Waals surface area contributed by atoms with E-state index in [-0.39, 0.29) is 12.5 Å². The molecule has 4 aromatic rings. The van der Waals surface area contributed by atoms with Crippen molar-refractivity contribution >= 4 is 11.6 Å². The number of benzene rings is 3. The Morgan fingerprint density at radius 2 is 1.70 bits per heavy atom. The predicted molar refractivity (Wildman–Crippen MR) is 114 cm³/mol. The van der Waals surface area contributed by atoms with Gasteiger partial charge >= 0.3 is 0 Å². The maximum absolute atomic E-state index is 12.7. The zero-order valence-corrected chi connectivity index (χ0v) is 16.5. The van der Waals surface area contributed by atoms with Gasteiger partial charge in [0.15, 0.2) is 6.61 Å². The molecule has 1 aromatic heterocycles. The molecule has 1 heterocycles. The molecule has 6 nitrogen and oxygen atoms in total. The van der Waals surface area contributed by atoms with Gasteiger partial charge in [0, 0.05) is 5.56 Å². The number of aryl methyl sites for hydroxylation is 1. The summed E-state index contributed by atoms with van der Waals surface area (Å²) in [6, 6.07) is 24.3. The van der Waals surface area contributed by atoms with Crippen molar-refractivity contribution < 1.29 is 14.1 Å². The fraction of sp³-hybridized carbons (Fsp3) is 0.125. The monoisotopic (exact) mass is 399 g/mol. The first-order chi connectivity index (χ1) is 14.7. The summed E-state index contributed by atoms with van der Waals surface area (Å²) in [6.45, 7) is 2.26. The van der Waals surface area contributed by atoms with Crippen LogP contribution in [0, 0.1) is 0 Å². The van der Waals surface area contributed by atoms with Crippen LogP contribution in [-0.2, 0) is 13.0 Å². The second kappa shape index (κ2) is 9.05. The molecular weight excluding hydrogens is 378 g/mol. The lowest BCUT2D eigenvalue weighted by Gasteiger charge is -2.09. The molecule has 4 rings (SSSR count). The molecule has 0 atom stereocenters. The highest BCUT2D eigenvalue weighted by molar-refractivity contribution is 6.06. The van der Waals surface area contributed by atoms with Crippen LogP contribution >= 0.6 is 0 Å². The van der Waals surface area contributed by atoms with Gasteiger partial charge in [-0.3, -0.25) is 4.79 Å². The fourth-order valence-corrected chi connectivity index (χ4v) is 2.95. The summed E-state index contributed by atoms with van der Waals surface area (Å²) in [4.78, 5) is 17.1. The maximum atomic E-state index is 12.7. The Balaban J connectivity index is 1.49. The fourth-order valence-electron chi connectivity index (χ4n) is 2.95. The van der Waals surface area contributed by atoms with E-state index in [0.717, 1.165) is 12.2 Å². The van der Waals surface area contributed by atoms with Crippen molar-refractivity contribution in [2.75, 3.05) is 5.32 Å². The minimum Gasteiger partial charge on any atom is -0.485 e. The second-order valence-electron chi connectivity index (χ2n) is 6.67. The van der Waals surface area contributed by atoms with Gasteiger partial charge in [0.1, 0.15) is 5.75 Å². The van der Waals surface area contributed by atoms with E-state index in [2.05, 4.69) is 22.4 Å². The summed E-state index contributed by atoms with van der Waals surface area (Å²) < 4.78 is 11.1. The van der Waals surface area contributed by atoms with E-state index >= 15 is 0 Å². The van der Waals surface area contributed by atoms with Crippen molar-refractivity contribution in [3.05, 3.63) is 95.8 Å². The molecular formula is C24H21N3O3. The molecule has 30 heavy (non-hydrogen) atoms. The lowest BCUT2D eigenvalue weighted by atomic mass is 10.1. The second-order valence-corrected chi connectivity index (χ2v) is 6.67. The van der Waals surface area contributed by atoms with Crippen LogP contribution in [0.25, 0.3) is 11.5 Å². The first kappa shape index (κ1) is 19.4. The van der Waals surface area contributed by atoms with Crippen LogP contribution in [0.2, 0.25) is 0 Å². The van der Waals surface area contributed by atoms with Gasteiger partial charge in [-0.05, 0) is 48.4 Å². The number of rotatable bonds is 7. The molecule has 0 saturated carbocycles. The Morgan fingerprint density at radius 3 is 2.47 bits per heavy atom. The average molecular weight is 399 g/mol. The number of carbonyl (C=O) groups is 1. The lowest BCUT2D eigenvalue weighted by Crippen LogP contribution is -2.12. The molecule has 1 N–H and O–H groups in total. The van der Waals surface area contributed by atoms with Gasteiger partial charge in [0.2, 0.25) is 5.82 Å². The van der Waals surface area contributed by atoms with Gasteiger partial charge in [-0.2, -0.15) is 4.98 Å². The van der Waals surface area contributed by atoms with Crippen molar-refractivity contribution in [1.29, 1.82) is 0 Å². The Labute approximate surface area is 174 Å². The Bertz CT molecular complexity index is 1120. The van der Waals surface area contributed by atoms with E-state index in [0.29, 0.717) is 28.5 Å². The van der Waals surface area contributed by atoms with Crippen LogP contribution in [0.1, 0.15) is 28.7 Å². The number of hydrogen-bond acceptors (Lipinski definition) is 5. The molecule has 0 radical (unpaired) electrons. The first-order valence-corrected chi connectivity index (χ1v) is 9.73. The third-order valence-electron chi connectivity index (χ3n) is 4.61. The number of ether oxygens (including phenoxy) is 1. The SMILES string of the molecule is CCc1ccc(C(=O)Nc2ccccc2-c2nc(COc3ccccc3)no2)cc1. The largest absolute Gasteiger partial charge is 0.485 e. The molecule has 0 saturated heterocycles. The smallest absolute Gasteiger partial charge is 0.260 e. The molecule has 0 bridgehead atoms. The molecule has 0 fully saturated rings. The summed E-state index contributed by atoms with van der Waals surface area (Å²) >= 11 is 0. The number of aromatic nitrogens is 2. The summed E-state index contributed by atoms with van der Waals surface area (Å²) in [5.74, 6) is 1.27. The van der Waals surface area contributed by atoms with Crippen LogP contribution in [-0.4, -0.2) is 16.0 Å². The van der Waals surface area contributed by atoms with Gasteiger partial charge in [-0.15, -0.1) is 0 Å². The van der Waals surface area contributed by atoms with E-state index in [9.17, 15) is 4.79 Å². The topological polar surface area (TPSA) is 77.2 Å². The average Bonchev–Trinajstić information content (AvgIpc) is 3.28. The Morgan fingerprint density at radius 1 is 0.967 bits per heavy atom. The molecule has 6 heteroatoms. The van der Waals surface area contributed by atoms with Gasteiger partial charge < -0.3 is 14.6 Å². The third kappa shape index (κ3) is 4.55. The van der Waals surface area contributed by atoms with Crippen LogP contribution in [0.5, 0.6) is 5.75 Å². The van der Waals surface area contributed by atoms with Crippen molar-refractivity contribution in [1.82, 2.24) is 10.1 Å².